The molecule has 0 bridgehead atoms. The first-order valence-corrected chi connectivity index (χ1v) is 11.1. The highest BCUT2D eigenvalue weighted by Crippen LogP contribution is 2.39. The maximum atomic E-state index is 9.66. The van der Waals surface area contributed by atoms with Crippen LogP contribution in [0.15, 0.2) is 54.7 Å². The number of aryl methyl sites for hydroxylation is 1. The second-order valence-corrected chi connectivity index (χ2v) is 8.68. The van der Waals surface area contributed by atoms with Gasteiger partial charge in [-0.1, -0.05) is 24.3 Å². The van der Waals surface area contributed by atoms with Crippen molar-refractivity contribution in [3.05, 3.63) is 65.9 Å². The van der Waals surface area contributed by atoms with Gasteiger partial charge in [0.2, 0.25) is 0 Å². The van der Waals surface area contributed by atoms with Gasteiger partial charge in [0, 0.05) is 54.7 Å². The molecule has 32 heavy (non-hydrogen) atoms. The number of piperazine rings is 1. The van der Waals surface area contributed by atoms with Gasteiger partial charge in [0.15, 0.2) is 0 Å². The van der Waals surface area contributed by atoms with Crippen LogP contribution in [0.5, 0.6) is 0 Å². The number of aliphatic hydroxyl groups is 1. The summed E-state index contributed by atoms with van der Waals surface area (Å²) < 4.78 is 0. The normalized spacial score (nSPS) is 14.9. The number of benzene rings is 2. The van der Waals surface area contributed by atoms with E-state index in [1.807, 2.05) is 25.1 Å². The molecule has 1 fully saturated rings. The first kappa shape index (κ1) is 20.5. The van der Waals surface area contributed by atoms with E-state index in [0.717, 1.165) is 76.4 Å². The van der Waals surface area contributed by atoms with E-state index in [0.29, 0.717) is 0 Å². The molecule has 0 radical (unpaired) electrons. The minimum atomic E-state index is -0.0430. The maximum Gasteiger partial charge on any atom is 0.138 e. The van der Waals surface area contributed by atoms with Gasteiger partial charge < -0.3 is 25.6 Å². The number of likely N-dealkylation sites (N-methyl/N-ethyl adjacent to an activating group) is 1. The number of anilines is 2. The number of hydrogen-bond acceptors (Lipinski definition) is 5. The maximum absolute atomic E-state index is 9.66. The van der Waals surface area contributed by atoms with Crippen LogP contribution in [0.2, 0.25) is 0 Å². The Labute approximate surface area is 188 Å². The molecule has 0 atom stereocenters. The molecule has 0 aliphatic carbocycles. The van der Waals surface area contributed by atoms with Gasteiger partial charge in [-0.05, 0) is 60.5 Å². The number of rotatable bonds is 4. The van der Waals surface area contributed by atoms with E-state index in [9.17, 15) is 5.11 Å². The number of nitrogens with one attached hydrogen (secondary N) is 1. The standard InChI is InChI=1S/C26H29N5O/c1-17-3-4-20(14-23(17)27)24-22-13-18(16-32)15-28-26(22)29-25(24)19-5-7-21(8-6-19)31-11-9-30(2)10-12-31/h3-8,13-15,32H,9-12,16,27H2,1-2H3,(H,28,29). The second kappa shape index (κ2) is 8.30. The van der Waals surface area contributed by atoms with E-state index in [-0.39, 0.29) is 6.61 Å². The fourth-order valence-electron chi connectivity index (χ4n) is 4.42. The summed E-state index contributed by atoms with van der Waals surface area (Å²) in [6.45, 7) is 6.23. The first-order chi connectivity index (χ1) is 15.5. The molecule has 6 heteroatoms. The van der Waals surface area contributed by atoms with E-state index in [2.05, 4.69) is 57.1 Å². The van der Waals surface area contributed by atoms with Crippen LogP contribution in [0.1, 0.15) is 11.1 Å². The third-order valence-electron chi connectivity index (χ3n) is 6.48. The van der Waals surface area contributed by atoms with Gasteiger partial charge in [-0.2, -0.15) is 0 Å². The molecular weight excluding hydrogens is 398 g/mol. The fraction of sp³-hybridized carbons (Fsp3) is 0.269. The third-order valence-corrected chi connectivity index (χ3v) is 6.48. The minimum Gasteiger partial charge on any atom is -0.398 e. The van der Waals surface area contributed by atoms with Crippen molar-refractivity contribution in [2.24, 2.45) is 0 Å². The topological polar surface area (TPSA) is 81.4 Å². The Hall–Kier alpha value is -3.35. The Balaban J connectivity index is 1.61. The van der Waals surface area contributed by atoms with E-state index in [4.69, 9.17) is 5.73 Å². The summed E-state index contributed by atoms with van der Waals surface area (Å²) in [5, 5.41) is 10.6. The van der Waals surface area contributed by atoms with Crippen molar-refractivity contribution in [3.8, 4) is 22.4 Å². The van der Waals surface area contributed by atoms with Crippen LogP contribution < -0.4 is 10.6 Å². The van der Waals surface area contributed by atoms with Crippen molar-refractivity contribution in [2.45, 2.75) is 13.5 Å². The van der Waals surface area contributed by atoms with Crippen molar-refractivity contribution >= 4 is 22.4 Å². The number of aliphatic hydroxyl groups excluding tert-OH is 1. The number of nitrogens with zero attached hydrogens (tertiary/aromatic N) is 3. The van der Waals surface area contributed by atoms with Crippen LogP contribution in [0.25, 0.3) is 33.4 Å². The lowest BCUT2D eigenvalue weighted by atomic mass is 9.97. The zero-order valence-electron chi connectivity index (χ0n) is 18.6. The van der Waals surface area contributed by atoms with Gasteiger partial charge in [-0.3, -0.25) is 0 Å². The summed E-state index contributed by atoms with van der Waals surface area (Å²) in [5.41, 5.74) is 15.1. The molecule has 4 aromatic rings. The van der Waals surface area contributed by atoms with E-state index < -0.39 is 0 Å². The minimum absolute atomic E-state index is 0.0430. The highest BCUT2D eigenvalue weighted by molar-refractivity contribution is 6.03. The molecule has 0 unspecified atom stereocenters. The lowest BCUT2D eigenvalue weighted by Crippen LogP contribution is -2.44. The molecule has 1 saturated heterocycles. The highest BCUT2D eigenvalue weighted by atomic mass is 16.3. The Kier molecular flexibility index (Phi) is 5.33. The molecule has 0 amide bonds. The second-order valence-electron chi connectivity index (χ2n) is 8.68. The smallest absolute Gasteiger partial charge is 0.138 e. The first-order valence-electron chi connectivity index (χ1n) is 11.1. The van der Waals surface area contributed by atoms with Gasteiger partial charge in [0.1, 0.15) is 5.65 Å². The van der Waals surface area contributed by atoms with E-state index in [1.165, 1.54) is 5.69 Å². The number of aromatic nitrogens is 2. The Bertz CT molecular complexity index is 1250. The SMILES string of the molecule is Cc1ccc(-c2c(-c3ccc(N4CCN(C)CC4)cc3)[nH]c3ncc(CO)cc23)cc1N. The molecule has 164 valence electrons. The van der Waals surface area contributed by atoms with E-state index in [1.54, 1.807) is 6.20 Å². The zero-order chi connectivity index (χ0) is 22.2. The van der Waals surface area contributed by atoms with Crippen LogP contribution in [0.3, 0.4) is 0 Å². The Morgan fingerprint density at radius 1 is 1.00 bits per heavy atom. The average Bonchev–Trinajstić information content (AvgIpc) is 3.20. The number of nitrogens with two attached hydrogens (primary N) is 1. The quantitative estimate of drug-likeness (QED) is 0.429. The van der Waals surface area contributed by atoms with Crippen LogP contribution in [0.4, 0.5) is 11.4 Å². The number of hydrogen-bond donors (Lipinski definition) is 3. The van der Waals surface area contributed by atoms with E-state index >= 15 is 0 Å². The summed E-state index contributed by atoms with van der Waals surface area (Å²) >= 11 is 0. The molecule has 6 nitrogen and oxygen atoms in total. The molecule has 4 N–H and O–H groups in total. The average molecular weight is 428 g/mol. The Morgan fingerprint density at radius 2 is 1.72 bits per heavy atom. The number of H-pyrrole nitrogens is 1. The van der Waals surface area contributed by atoms with Crippen molar-refractivity contribution in [1.29, 1.82) is 0 Å². The molecule has 0 saturated carbocycles. The Morgan fingerprint density at radius 3 is 2.41 bits per heavy atom. The zero-order valence-corrected chi connectivity index (χ0v) is 18.6. The molecule has 3 heterocycles. The van der Waals surface area contributed by atoms with Crippen LogP contribution >= 0.6 is 0 Å². The number of pyridine rings is 1. The number of nitrogen functional groups attached to an aromatic ring is 1. The molecule has 5 rings (SSSR count). The summed E-state index contributed by atoms with van der Waals surface area (Å²) in [4.78, 5) is 12.9. The van der Waals surface area contributed by atoms with Crippen molar-refractivity contribution in [1.82, 2.24) is 14.9 Å². The molecule has 0 spiro atoms. The van der Waals surface area contributed by atoms with Gasteiger partial charge in [0.05, 0.1) is 12.3 Å². The third kappa shape index (κ3) is 3.72. The fourth-order valence-corrected chi connectivity index (χ4v) is 4.42. The summed E-state index contributed by atoms with van der Waals surface area (Å²) in [5.74, 6) is 0. The van der Waals surface area contributed by atoms with Crippen molar-refractivity contribution in [2.75, 3.05) is 43.9 Å². The van der Waals surface area contributed by atoms with Crippen molar-refractivity contribution < 1.29 is 5.11 Å². The van der Waals surface area contributed by atoms with Crippen LogP contribution in [-0.4, -0.2) is 53.2 Å². The predicted octanol–water partition coefficient (Wildman–Crippen LogP) is 4.03. The molecule has 1 aliphatic heterocycles. The van der Waals surface area contributed by atoms with Crippen molar-refractivity contribution in [3.63, 3.8) is 0 Å². The number of aromatic amines is 1. The molecule has 1 aliphatic rings. The number of fused-ring (bicyclic) bond motifs is 1. The van der Waals surface area contributed by atoms with Gasteiger partial charge in [-0.15, -0.1) is 0 Å². The van der Waals surface area contributed by atoms with Crippen LogP contribution in [0, 0.1) is 6.92 Å². The van der Waals surface area contributed by atoms with Crippen LogP contribution in [-0.2, 0) is 6.61 Å². The molecule has 2 aromatic heterocycles. The summed E-state index contributed by atoms with van der Waals surface area (Å²) in [7, 11) is 2.17. The predicted molar refractivity (Wildman–Crippen MR) is 132 cm³/mol. The largest absolute Gasteiger partial charge is 0.398 e. The monoisotopic (exact) mass is 427 g/mol. The van der Waals surface area contributed by atoms with Gasteiger partial charge in [-0.25, -0.2) is 4.98 Å². The van der Waals surface area contributed by atoms with Gasteiger partial charge >= 0.3 is 0 Å². The summed E-state index contributed by atoms with van der Waals surface area (Å²) in [6, 6.07) is 16.9. The van der Waals surface area contributed by atoms with Gasteiger partial charge in [0.25, 0.3) is 0 Å². The lowest BCUT2D eigenvalue weighted by molar-refractivity contribution is 0.281. The molecular formula is C26H29N5O. The highest BCUT2D eigenvalue weighted by Gasteiger charge is 2.18. The lowest BCUT2D eigenvalue weighted by Gasteiger charge is -2.34. The molecule has 2 aromatic carbocycles. The summed E-state index contributed by atoms with van der Waals surface area (Å²) in [6.07, 6.45) is 1.71.